The average molecular weight is 257 g/mol. The molecule has 2 unspecified atom stereocenters. The first-order valence-corrected chi connectivity index (χ1v) is 6.89. The number of hydrogen-bond donors (Lipinski definition) is 1. The highest BCUT2D eigenvalue weighted by molar-refractivity contribution is 6.31. The Bertz CT molecular complexity index is 391. The maximum Gasteiger partial charge on any atom is 0.108 e. The van der Waals surface area contributed by atoms with Crippen LogP contribution in [-0.4, -0.2) is 14.9 Å². The minimum absolute atomic E-state index is 0.551. The quantitative estimate of drug-likeness (QED) is 0.901. The normalized spacial score (nSPS) is 29.5. The Kier molecular flexibility index (Phi) is 3.79. The molecule has 0 aromatic carbocycles. The molecule has 3 nitrogen and oxygen atoms in total. The van der Waals surface area contributed by atoms with Crippen molar-refractivity contribution in [2.75, 3.05) is 0 Å². The van der Waals surface area contributed by atoms with Gasteiger partial charge in [0, 0.05) is 6.54 Å². The van der Waals surface area contributed by atoms with E-state index >= 15 is 0 Å². The third kappa shape index (κ3) is 2.50. The lowest BCUT2D eigenvalue weighted by molar-refractivity contribution is -0.0253. The van der Waals surface area contributed by atoms with Crippen molar-refractivity contribution >= 4 is 11.6 Å². The van der Waals surface area contributed by atoms with Gasteiger partial charge >= 0.3 is 0 Å². The lowest BCUT2D eigenvalue weighted by atomic mass is 9.77. The molecule has 0 radical (unpaired) electrons. The summed E-state index contributed by atoms with van der Waals surface area (Å²) in [6.07, 6.45) is 6.50. The Hall–Kier alpha value is -0.540. The Morgan fingerprint density at radius 3 is 3.06 bits per heavy atom. The van der Waals surface area contributed by atoms with Crippen molar-refractivity contribution in [3.05, 3.63) is 16.9 Å². The zero-order chi connectivity index (χ0) is 12.5. The number of halogens is 1. The maximum absolute atomic E-state index is 10.8. The van der Waals surface area contributed by atoms with E-state index in [1.54, 1.807) is 6.20 Å². The minimum atomic E-state index is -0.777. The molecule has 0 saturated heterocycles. The second kappa shape index (κ2) is 4.99. The van der Waals surface area contributed by atoms with Gasteiger partial charge in [-0.15, -0.1) is 0 Å². The van der Waals surface area contributed by atoms with Crippen molar-refractivity contribution < 1.29 is 5.11 Å². The molecular formula is C13H21ClN2O. The molecule has 0 aliphatic heterocycles. The van der Waals surface area contributed by atoms with Crippen LogP contribution in [0.4, 0.5) is 0 Å². The average Bonchev–Trinajstić information content (AvgIpc) is 2.60. The molecule has 2 atom stereocenters. The second-order valence-corrected chi connectivity index (χ2v) is 5.70. The maximum atomic E-state index is 10.8. The smallest absolute Gasteiger partial charge is 0.108 e. The van der Waals surface area contributed by atoms with E-state index in [2.05, 4.69) is 18.9 Å². The molecule has 2 rings (SSSR count). The van der Waals surface area contributed by atoms with Gasteiger partial charge < -0.3 is 5.11 Å². The van der Waals surface area contributed by atoms with Crippen LogP contribution in [0.15, 0.2) is 6.20 Å². The second-order valence-electron chi connectivity index (χ2n) is 5.30. The van der Waals surface area contributed by atoms with Crippen LogP contribution >= 0.6 is 11.6 Å². The van der Waals surface area contributed by atoms with Gasteiger partial charge in [0.1, 0.15) is 5.60 Å². The zero-order valence-electron chi connectivity index (χ0n) is 10.6. The van der Waals surface area contributed by atoms with Crippen LogP contribution in [0.3, 0.4) is 0 Å². The summed E-state index contributed by atoms with van der Waals surface area (Å²) in [6, 6.07) is 0. The fraction of sp³-hybridized carbons (Fsp3) is 0.769. The zero-order valence-corrected chi connectivity index (χ0v) is 11.4. The van der Waals surface area contributed by atoms with Gasteiger partial charge in [0.2, 0.25) is 0 Å². The van der Waals surface area contributed by atoms with Gasteiger partial charge in [-0.25, -0.2) is 0 Å². The van der Waals surface area contributed by atoms with Gasteiger partial charge in [-0.2, -0.15) is 5.10 Å². The van der Waals surface area contributed by atoms with E-state index < -0.39 is 5.60 Å². The van der Waals surface area contributed by atoms with Crippen molar-refractivity contribution in [3.8, 4) is 0 Å². The fourth-order valence-corrected chi connectivity index (χ4v) is 3.26. The largest absolute Gasteiger partial charge is 0.384 e. The summed E-state index contributed by atoms with van der Waals surface area (Å²) in [5.41, 5.74) is 0.0491. The summed E-state index contributed by atoms with van der Waals surface area (Å²) >= 11 is 6.21. The van der Waals surface area contributed by atoms with E-state index in [9.17, 15) is 5.11 Å². The number of hydrogen-bond acceptors (Lipinski definition) is 2. The van der Waals surface area contributed by atoms with Crippen LogP contribution in [0.2, 0.25) is 5.02 Å². The fourth-order valence-electron chi connectivity index (χ4n) is 2.95. The van der Waals surface area contributed by atoms with Crippen LogP contribution < -0.4 is 0 Å². The highest BCUT2D eigenvalue weighted by Gasteiger charge is 2.38. The van der Waals surface area contributed by atoms with Gasteiger partial charge in [-0.1, -0.05) is 31.9 Å². The summed E-state index contributed by atoms with van der Waals surface area (Å²) in [7, 11) is 0. The highest BCUT2D eigenvalue weighted by Crippen LogP contribution is 2.42. The van der Waals surface area contributed by atoms with Crippen molar-refractivity contribution in [2.24, 2.45) is 5.92 Å². The van der Waals surface area contributed by atoms with Crippen molar-refractivity contribution in [1.82, 2.24) is 9.78 Å². The summed E-state index contributed by atoms with van der Waals surface area (Å²) < 4.78 is 1.88. The molecule has 17 heavy (non-hydrogen) atoms. The lowest BCUT2D eigenvalue weighted by Gasteiger charge is -2.36. The molecule has 1 aliphatic rings. The van der Waals surface area contributed by atoms with Crippen molar-refractivity contribution in [3.63, 3.8) is 0 Å². The monoisotopic (exact) mass is 256 g/mol. The third-order valence-electron chi connectivity index (χ3n) is 3.64. The van der Waals surface area contributed by atoms with Gasteiger partial charge in [-0.05, 0) is 31.6 Å². The number of rotatable bonds is 3. The van der Waals surface area contributed by atoms with Gasteiger partial charge in [0.25, 0.3) is 0 Å². The molecular weight excluding hydrogens is 236 g/mol. The number of aryl methyl sites for hydroxylation is 1. The minimum Gasteiger partial charge on any atom is -0.384 e. The van der Waals surface area contributed by atoms with Gasteiger partial charge in [-0.3, -0.25) is 4.68 Å². The summed E-state index contributed by atoms with van der Waals surface area (Å²) in [6.45, 7) is 5.12. The Morgan fingerprint density at radius 2 is 2.41 bits per heavy atom. The number of aromatic nitrogens is 2. The van der Waals surface area contributed by atoms with Crippen LogP contribution in [0.25, 0.3) is 0 Å². The van der Waals surface area contributed by atoms with Crippen LogP contribution in [-0.2, 0) is 12.1 Å². The predicted octanol–water partition coefficient (Wildman–Crippen LogP) is 3.34. The lowest BCUT2D eigenvalue weighted by Crippen LogP contribution is -2.34. The van der Waals surface area contributed by atoms with Crippen LogP contribution in [0.5, 0.6) is 0 Å². The van der Waals surface area contributed by atoms with Gasteiger partial charge in [0.15, 0.2) is 0 Å². The van der Waals surface area contributed by atoms with Crippen LogP contribution in [0, 0.1) is 5.92 Å². The van der Waals surface area contributed by atoms with E-state index in [-0.39, 0.29) is 0 Å². The molecule has 1 heterocycles. The first-order valence-electron chi connectivity index (χ1n) is 6.51. The number of aliphatic hydroxyl groups is 1. The predicted molar refractivity (Wildman–Crippen MR) is 69.1 cm³/mol. The molecule has 1 aliphatic carbocycles. The van der Waals surface area contributed by atoms with Crippen molar-refractivity contribution in [1.29, 1.82) is 0 Å². The standard InChI is InChI=1S/C13H21ClN2O/c1-3-7-16-12(11(14)9-15-16)13(17)6-4-5-10(2)8-13/h9-10,17H,3-8H2,1-2H3. The van der Waals surface area contributed by atoms with E-state index in [4.69, 9.17) is 11.6 Å². The first-order chi connectivity index (χ1) is 8.07. The Morgan fingerprint density at radius 1 is 1.65 bits per heavy atom. The molecule has 4 heteroatoms. The molecule has 96 valence electrons. The molecule has 1 fully saturated rings. The summed E-state index contributed by atoms with van der Waals surface area (Å²) in [5, 5.41) is 15.7. The van der Waals surface area contributed by atoms with E-state index in [0.29, 0.717) is 10.9 Å². The molecule has 1 N–H and O–H groups in total. The molecule has 0 spiro atoms. The Labute approximate surface area is 108 Å². The molecule has 1 saturated carbocycles. The topological polar surface area (TPSA) is 38.0 Å². The summed E-state index contributed by atoms with van der Waals surface area (Å²) in [5.74, 6) is 0.551. The third-order valence-corrected chi connectivity index (χ3v) is 3.92. The van der Waals surface area contributed by atoms with E-state index in [1.165, 1.54) is 6.42 Å². The van der Waals surface area contributed by atoms with E-state index in [0.717, 1.165) is 37.9 Å². The molecule has 1 aromatic rings. The highest BCUT2D eigenvalue weighted by atomic mass is 35.5. The summed E-state index contributed by atoms with van der Waals surface area (Å²) in [4.78, 5) is 0. The van der Waals surface area contributed by atoms with Crippen molar-refractivity contribution in [2.45, 2.75) is 58.1 Å². The first kappa shape index (κ1) is 12.9. The molecule has 0 amide bonds. The van der Waals surface area contributed by atoms with Crippen LogP contribution in [0.1, 0.15) is 51.6 Å². The SMILES string of the molecule is CCCn1ncc(Cl)c1C1(O)CCCC(C)C1. The number of nitrogens with zero attached hydrogens (tertiary/aromatic N) is 2. The Balaban J connectivity index is 2.33. The van der Waals surface area contributed by atoms with E-state index in [1.807, 2.05) is 4.68 Å². The molecule has 0 bridgehead atoms. The van der Waals surface area contributed by atoms with Gasteiger partial charge in [0.05, 0.1) is 16.9 Å². The molecule has 1 aromatic heterocycles.